The maximum absolute atomic E-state index is 13.9. The molecule has 4 rings (SSSR count). The molecular formula is C30H35FN4O4. The summed E-state index contributed by atoms with van der Waals surface area (Å²) in [5.41, 5.74) is 1.93. The van der Waals surface area contributed by atoms with Crippen LogP contribution in [0.5, 0.6) is 0 Å². The lowest BCUT2D eigenvalue weighted by Gasteiger charge is -2.37. The first kappa shape index (κ1) is 28.0. The van der Waals surface area contributed by atoms with E-state index in [9.17, 15) is 24.1 Å². The molecule has 8 nitrogen and oxygen atoms in total. The van der Waals surface area contributed by atoms with Crippen LogP contribution in [0.2, 0.25) is 0 Å². The molecule has 1 aliphatic rings. The number of carbonyl (C=O) groups excluding carboxylic acids is 2. The number of carbonyl (C=O) groups is 2. The Labute approximate surface area is 228 Å². The van der Waals surface area contributed by atoms with Crippen LogP contribution < -0.4 is 0 Å². The van der Waals surface area contributed by atoms with Gasteiger partial charge in [-0.25, -0.2) is 4.39 Å². The van der Waals surface area contributed by atoms with Crippen molar-refractivity contribution >= 4 is 17.5 Å². The van der Waals surface area contributed by atoms with Crippen LogP contribution in [-0.2, 0) is 17.9 Å². The van der Waals surface area contributed by atoms with E-state index < -0.39 is 10.8 Å². The molecule has 1 heterocycles. The molecule has 0 bridgehead atoms. The lowest BCUT2D eigenvalue weighted by Crippen LogP contribution is -2.49. The van der Waals surface area contributed by atoms with E-state index in [1.165, 1.54) is 41.3 Å². The summed E-state index contributed by atoms with van der Waals surface area (Å²) < 4.78 is 15.4. The van der Waals surface area contributed by atoms with Gasteiger partial charge in [-0.15, -0.1) is 0 Å². The third kappa shape index (κ3) is 7.10. The van der Waals surface area contributed by atoms with Gasteiger partial charge >= 0.3 is 0 Å². The van der Waals surface area contributed by atoms with Gasteiger partial charge in [0.2, 0.25) is 5.91 Å². The van der Waals surface area contributed by atoms with E-state index in [0.717, 1.165) is 43.4 Å². The molecule has 9 heteroatoms. The number of benzene rings is 2. The average molecular weight is 535 g/mol. The molecule has 1 aliphatic carbocycles. The van der Waals surface area contributed by atoms with E-state index in [4.69, 9.17) is 0 Å². The first-order valence-electron chi connectivity index (χ1n) is 13.5. The highest BCUT2D eigenvalue weighted by Gasteiger charge is 2.30. The zero-order valence-electron chi connectivity index (χ0n) is 22.5. The molecule has 1 fully saturated rings. The summed E-state index contributed by atoms with van der Waals surface area (Å²) in [6.07, 6.45) is 7.00. The van der Waals surface area contributed by atoms with Crippen LogP contribution in [0.25, 0.3) is 0 Å². The van der Waals surface area contributed by atoms with Crippen molar-refractivity contribution in [2.45, 2.75) is 71.1 Å². The highest BCUT2D eigenvalue weighted by molar-refractivity contribution is 5.97. The number of halogens is 1. The van der Waals surface area contributed by atoms with Crippen LogP contribution >= 0.6 is 0 Å². The van der Waals surface area contributed by atoms with Gasteiger partial charge in [0, 0.05) is 48.2 Å². The number of aromatic nitrogens is 1. The molecule has 1 aromatic heterocycles. The normalized spacial score (nSPS) is 13.8. The van der Waals surface area contributed by atoms with E-state index in [2.05, 4.69) is 4.57 Å². The molecular weight excluding hydrogens is 499 g/mol. The van der Waals surface area contributed by atoms with Crippen LogP contribution in [0.4, 0.5) is 10.1 Å². The van der Waals surface area contributed by atoms with Crippen molar-refractivity contribution in [3.8, 4) is 0 Å². The molecule has 1 saturated carbocycles. The third-order valence-corrected chi connectivity index (χ3v) is 7.35. The zero-order valence-corrected chi connectivity index (χ0v) is 22.5. The second kappa shape index (κ2) is 12.7. The van der Waals surface area contributed by atoms with E-state index in [1.807, 2.05) is 37.1 Å². The van der Waals surface area contributed by atoms with Crippen molar-refractivity contribution in [2.24, 2.45) is 0 Å². The van der Waals surface area contributed by atoms with Crippen LogP contribution in [-0.4, -0.2) is 49.7 Å². The molecule has 206 valence electrons. The predicted molar refractivity (Wildman–Crippen MR) is 147 cm³/mol. The molecule has 0 saturated heterocycles. The number of nitro groups is 1. The number of amides is 2. The fourth-order valence-electron chi connectivity index (χ4n) is 5.17. The van der Waals surface area contributed by atoms with Crippen LogP contribution in [0.1, 0.15) is 67.6 Å². The smallest absolute Gasteiger partial charge is 0.270 e. The summed E-state index contributed by atoms with van der Waals surface area (Å²) in [5.74, 6) is -0.843. The van der Waals surface area contributed by atoms with Gasteiger partial charge in [-0.2, -0.15) is 0 Å². The van der Waals surface area contributed by atoms with Crippen molar-refractivity contribution in [1.82, 2.24) is 14.4 Å². The molecule has 3 aromatic rings. The number of hydrogen-bond acceptors (Lipinski definition) is 4. The average Bonchev–Trinajstić information content (AvgIpc) is 3.37. The Morgan fingerprint density at radius 1 is 1.05 bits per heavy atom. The monoisotopic (exact) mass is 534 g/mol. The van der Waals surface area contributed by atoms with Crippen molar-refractivity contribution in [1.29, 1.82) is 0 Å². The molecule has 0 spiro atoms. The summed E-state index contributed by atoms with van der Waals surface area (Å²) in [6.45, 7) is 4.50. The number of hydrogen-bond donors (Lipinski definition) is 0. The second-order valence-corrected chi connectivity index (χ2v) is 10.4. The number of nitro benzene ring substituents is 1. The summed E-state index contributed by atoms with van der Waals surface area (Å²) in [5, 5.41) is 11.2. The molecule has 0 aliphatic heterocycles. The fraction of sp³-hybridized carbons (Fsp3) is 0.400. The molecule has 39 heavy (non-hydrogen) atoms. The van der Waals surface area contributed by atoms with Gasteiger partial charge < -0.3 is 14.4 Å². The molecule has 0 atom stereocenters. The fourth-order valence-corrected chi connectivity index (χ4v) is 5.17. The maximum Gasteiger partial charge on any atom is 0.270 e. The van der Waals surface area contributed by atoms with E-state index in [0.29, 0.717) is 13.1 Å². The van der Waals surface area contributed by atoms with Gasteiger partial charge in [-0.3, -0.25) is 19.7 Å². The largest absolute Gasteiger partial charge is 0.345 e. The predicted octanol–water partition coefficient (Wildman–Crippen LogP) is 5.80. The van der Waals surface area contributed by atoms with Crippen molar-refractivity contribution in [3.63, 3.8) is 0 Å². The Hall–Kier alpha value is -4.01. The Bertz CT molecular complexity index is 1300. The first-order valence-corrected chi connectivity index (χ1v) is 13.5. The van der Waals surface area contributed by atoms with E-state index >= 15 is 0 Å². The third-order valence-electron chi connectivity index (χ3n) is 7.35. The lowest BCUT2D eigenvalue weighted by atomic mass is 9.94. The van der Waals surface area contributed by atoms with Crippen LogP contribution in [0.3, 0.4) is 0 Å². The standard InChI is InChI=1S/C30H35FN4O4/c1-22(2)33(30(37)24-8-6-11-27(18-24)35(38)39)21-29(36)34(26-9-4-3-5-10-26)20-28-12-7-17-32(28)19-23-13-15-25(31)16-14-23/h6-8,11-18,22,26H,3-5,9-10,19-21H2,1-2H3. The number of rotatable bonds is 10. The van der Waals surface area contributed by atoms with Gasteiger partial charge in [0.1, 0.15) is 12.4 Å². The zero-order chi connectivity index (χ0) is 27.9. The quantitative estimate of drug-likeness (QED) is 0.243. The van der Waals surface area contributed by atoms with Gasteiger partial charge in [0.15, 0.2) is 0 Å². The Kier molecular flexibility index (Phi) is 9.11. The van der Waals surface area contributed by atoms with Crippen molar-refractivity contribution in [2.75, 3.05) is 6.54 Å². The summed E-state index contributed by atoms with van der Waals surface area (Å²) in [6, 6.07) is 15.7. The number of non-ortho nitro benzene ring substituents is 1. The Morgan fingerprint density at radius 2 is 1.77 bits per heavy atom. The Balaban J connectivity index is 1.56. The van der Waals surface area contributed by atoms with E-state index in [1.54, 1.807) is 12.1 Å². The topological polar surface area (TPSA) is 88.7 Å². The number of nitrogens with zero attached hydrogens (tertiary/aromatic N) is 4. The second-order valence-electron chi connectivity index (χ2n) is 10.4. The highest BCUT2D eigenvalue weighted by atomic mass is 19.1. The minimum atomic E-state index is -0.534. The minimum Gasteiger partial charge on any atom is -0.345 e. The van der Waals surface area contributed by atoms with Gasteiger partial charge in [0.25, 0.3) is 11.6 Å². The summed E-state index contributed by atoms with van der Waals surface area (Å²) in [4.78, 5) is 41.3. The maximum atomic E-state index is 13.9. The summed E-state index contributed by atoms with van der Waals surface area (Å²) >= 11 is 0. The molecule has 2 amide bonds. The van der Waals surface area contributed by atoms with Crippen molar-refractivity contribution < 1.29 is 18.9 Å². The SMILES string of the molecule is CC(C)N(CC(=O)N(Cc1cccn1Cc1ccc(F)cc1)C1CCCCC1)C(=O)c1cccc([N+](=O)[O-])c1. The highest BCUT2D eigenvalue weighted by Crippen LogP contribution is 2.25. The lowest BCUT2D eigenvalue weighted by molar-refractivity contribution is -0.384. The van der Waals surface area contributed by atoms with E-state index in [-0.39, 0.29) is 41.6 Å². The Morgan fingerprint density at radius 3 is 2.44 bits per heavy atom. The molecule has 0 radical (unpaired) electrons. The minimum absolute atomic E-state index is 0.0716. The van der Waals surface area contributed by atoms with Gasteiger partial charge in [-0.1, -0.05) is 37.5 Å². The summed E-state index contributed by atoms with van der Waals surface area (Å²) in [7, 11) is 0. The van der Waals surface area contributed by atoms with Crippen LogP contribution in [0.15, 0.2) is 66.9 Å². The van der Waals surface area contributed by atoms with Gasteiger partial charge in [0.05, 0.1) is 11.5 Å². The van der Waals surface area contributed by atoms with Gasteiger partial charge in [-0.05, 0) is 62.6 Å². The van der Waals surface area contributed by atoms with Crippen LogP contribution in [0, 0.1) is 15.9 Å². The molecule has 0 unspecified atom stereocenters. The van der Waals surface area contributed by atoms with Crippen molar-refractivity contribution in [3.05, 3.63) is 99.6 Å². The molecule has 2 aromatic carbocycles. The first-order chi connectivity index (χ1) is 18.7. The molecule has 0 N–H and O–H groups in total.